The predicted octanol–water partition coefficient (Wildman–Crippen LogP) is 2.21. The summed E-state index contributed by atoms with van der Waals surface area (Å²) in [5.74, 6) is 2.27. The van der Waals surface area contributed by atoms with Crippen molar-refractivity contribution in [1.29, 1.82) is 0 Å². The normalized spacial score (nSPS) is 19.1. The Balaban J connectivity index is 0.00000392. The van der Waals surface area contributed by atoms with Crippen molar-refractivity contribution in [2.24, 2.45) is 10.4 Å². The van der Waals surface area contributed by atoms with Crippen LogP contribution in [0, 0.1) is 5.41 Å². The molecule has 1 saturated heterocycles. The van der Waals surface area contributed by atoms with Gasteiger partial charge in [-0.3, -0.25) is 4.99 Å². The zero-order valence-corrected chi connectivity index (χ0v) is 19.5. The van der Waals surface area contributed by atoms with Crippen molar-refractivity contribution >= 4 is 29.9 Å². The minimum Gasteiger partial charge on any atom is -0.493 e. The van der Waals surface area contributed by atoms with Crippen LogP contribution in [0.4, 0.5) is 0 Å². The van der Waals surface area contributed by atoms with E-state index in [4.69, 9.17) is 19.2 Å². The average molecular weight is 507 g/mol. The van der Waals surface area contributed by atoms with Crippen molar-refractivity contribution in [2.75, 3.05) is 53.7 Å². The van der Waals surface area contributed by atoms with Gasteiger partial charge in [-0.05, 0) is 43.9 Å². The maximum absolute atomic E-state index is 9.35. The molecule has 160 valence electrons. The number of halogens is 1. The monoisotopic (exact) mass is 507 g/mol. The second kappa shape index (κ2) is 13.1. The summed E-state index contributed by atoms with van der Waals surface area (Å²) in [5, 5.41) is 16.0. The number of hydrogen-bond donors (Lipinski definition) is 3. The van der Waals surface area contributed by atoms with Gasteiger partial charge in [-0.15, -0.1) is 24.0 Å². The summed E-state index contributed by atoms with van der Waals surface area (Å²) in [6, 6.07) is 5.96. The van der Waals surface area contributed by atoms with Crippen molar-refractivity contribution in [1.82, 2.24) is 10.6 Å². The molecule has 0 saturated carbocycles. The maximum Gasteiger partial charge on any atom is 0.191 e. The molecule has 1 heterocycles. The van der Waals surface area contributed by atoms with Gasteiger partial charge >= 0.3 is 0 Å². The van der Waals surface area contributed by atoms with Gasteiger partial charge in [0.05, 0.1) is 27.4 Å². The van der Waals surface area contributed by atoms with E-state index in [1.54, 1.807) is 14.2 Å². The highest BCUT2D eigenvalue weighted by Crippen LogP contribution is 2.32. The molecule has 1 fully saturated rings. The third-order valence-corrected chi connectivity index (χ3v) is 4.90. The fourth-order valence-corrected chi connectivity index (χ4v) is 3.24. The van der Waals surface area contributed by atoms with Crippen LogP contribution in [0.15, 0.2) is 23.2 Å². The molecule has 8 heteroatoms. The first-order valence-corrected chi connectivity index (χ1v) is 9.58. The average Bonchev–Trinajstić information content (AvgIpc) is 3.15. The summed E-state index contributed by atoms with van der Waals surface area (Å²) in [4.78, 5) is 4.74. The van der Waals surface area contributed by atoms with E-state index in [0.717, 1.165) is 62.0 Å². The van der Waals surface area contributed by atoms with E-state index < -0.39 is 0 Å². The first-order chi connectivity index (χ1) is 13.2. The largest absolute Gasteiger partial charge is 0.493 e. The second-order valence-corrected chi connectivity index (χ2v) is 6.84. The quantitative estimate of drug-likeness (QED) is 0.256. The van der Waals surface area contributed by atoms with E-state index >= 15 is 0 Å². The van der Waals surface area contributed by atoms with E-state index in [-0.39, 0.29) is 36.0 Å². The molecule has 0 aliphatic carbocycles. The highest BCUT2D eigenvalue weighted by atomic mass is 127. The van der Waals surface area contributed by atoms with Gasteiger partial charge in [0.1, 0.15) is 0 Å². The first-order valence-electron chi connectivity index (χ1n) is 9.58. The van der Waals surface area contributed by atoms with E-state index in [1.165, 1.54) is 0 Å². The maximum atomic E-state index is 9.35. The first kappa shape index (κ1) is 24.8. The van der Waals surface area contributed by atoms with Gasteiger partial charge in [0.15, 0.2) is 17.5 Å². The topological polar surface area (TPSA) is 84.3 Å². The summed E-state index contributed by atoms with van der Waals surface area (Å²) >= 11 is 0. The molecule has 0 aromatic heterocycles. The molecule has 0 bridgehead atoms. The zero-order valence-electron chi connectivity index (χ0n) is 17.1. The lowest BCUT2D eigenvalue weighted by atomic mass is 9.84. The van der Waals surface area contributed by atoms with Crippen LogP contribution < -0.4 is 20.1 Å². The number of methoxy groups -OCH3 is 2. The molecular weight excluding hydrogens is 473 g/mol. The van der Waals surface area contributed by atoms with Crippen molar-refractivity contribution in [2.45, 2.75) is 26.2 Å². The molecule has 1 aliphatic rings. The van der Waals surface area contributed by atoms with Crippen molar-refractivity contribution in [3.05, 3.63) is 23.8 Å². The lowest BCUT2D eigenvalue weighted by Gasteiger charge is -2.24. The van der Waals surface area contributed by atoms with Gasteiger partial charge in [-0.25, -0.2) is 0 Å². The fourth-order valence-electron chi connectivity index (χ4n) is 3.24. The Morgan fingerprint density at radius 3 is 2.64 bits per heavy atom. The summed E-state index contributed by atoms with van der Waals surface area (Å²) in [6.45, 7) is 5.84. The van der Waals surface area contributed by atoms with Gasteiger partial charge in [-0.1, -0.05) is 6.07 Å². The third-order valence-electron chi connectivity index (χ3n) is 4.90. The Bertz CT molecular complexity index is 607. The van der Waals surface area contributed by atoms with Crippen molar-refractivity contribution < 1.29 is 19.3 Å². The van der Waals surface area contributed by atoms with Crippen LogP contribution in [0.3, 0.4) is 0 Å². The highest BCUT2D eigenvalue weighted by molar-refractivity contribution is 14.0. The predicted molar refractivity (Wildman–Crippen MR) is 122 cm³/mol. The molecule has 1 aromatic carbocycles. The number of aliphatic hydroxyl groups is 1. The zero-order chi connectivity index (χ0) is 19.5. The van der Waals surface area contributed by atoms with Gasteiger partial charge in [0.2, 0.25) is 0 Å². The molecule has 28 heavy (non-hydrogen) atoms. The number of nitrogens with one attached hydrogen (secondary N) is 2. The minimum absolute atomic E-state index is 0. The van der Waals surface area contributed by atoms with Crippen LogP contribution in [0.25, 0.3) is 0 Å². The van der Waals surface area contributed by atoms with Gasteiger partial charge in [0.25, 0.3) is 0 Å². The summed E-state index contributed by atoms with van der Waals surface area (Å²) < 4.78 is 16.2. The van der Waals surface area contributed by atoms with E-state index in [0.29, 0.717) is 13.2 Å². The molecule has 1 aromatic rings. The van der Waals surface area contributed by atoms with Gasteiger partial charge in [-0.2, -0.15) is 0 Å². The number of hydrogen-bond acceptors (Lipinski definition) is 5. The number of guanidine groups is 1. The molecule has 0 radical (unpaired) electrons. The third kappa shape index (κ3) is 7.29. The fraction of sp³-hybridized carbons (Fsp3) is 0.650. The van der Waals surface area contributed by atoms with E-state index in [1.807, 2.05) is 25.1 Å². The molecule has 3 N–H and O–H groups in total. The number of ether oxygens (including phenoxy) is 3. The van der Waals surface area contributed by atoms with Crippen LogP contribution in [-0.2, 0) is 11.2 Å². The van der Waals surface area contributed by atoms with Crippen molar-refractivity contribution in [3.63, 3.8) is 0 Å². The Morgan fingerprint density at radius 2 is 2.04 bits per heavy atom. The number of aliphatic hydroxyl groups excluding tert-OH is 1. The summed E-state index contributed by atoms with van der Waals surface area (Å²) in [7, 11) is 3.28. The molecule has 1 atom stereocenters. The number of rotatable bonds is 10. The van der Waals surface area contributed by atoms with Crippen LogP contribution in [0.2, 0.25) is 0 Å². The second-order valence-electron chi connectivity index (χ2n) is 6.84. The lowest BCUT2D eigenvalue weighted by Crippen LogP contribution is -2.39. The van der Waals surface area contributed by atoms with Crippen molar-refractivity contribution in [3.8, 4) is 11.5 Å². The summed E-state index contributed by atoms with van der Waals surface area (Å²) in [5.41, 5.74) is 1.12. The Kier molecular flexibility index (Phi) is 11.6. The minimum atomic E-state index is -0.0412. The molecule has 1 unspecified atom stereocenters. The number of benzene rings is 1. The molecular formula is C20H34IN3O4. The smallest absolute Gasteiger partial charge is 0.191 e. The summed E-state index contributed by atoms with van der Waals surface area (Å²) in [6.07, 6.45) is 2.51. The van der Waals surface area contributed by atoms with Crippen LogP contribution in [0.1, 0.15) is 25.3 Å². The van der Waals surface area contributed by atoms with Crippen LogP contribution in [0.5, 0.6) is 11.5 Å². The molecule has 7 nitrogen and oxygen atoms in total. The highest BCUT2D eigenvalue weighted by Gasteiger charge is 2.34. The van der Waals surface area contributed by atoms with Gasteiger partial charge in [0, 0.05) is 31.7 Å². The molecule has 0 spiro atoms. The number of aliphatic imine (C=N–C) groups is 1. The SMILES string of the molecule is CCNC(=NCC1(CCO)CCOC1)NCCc1ccc(OC)c(OC)c1.I. The molecule has 0 amide bonds. The van der Waals surface area contributed by atoms with Gasteiger partial charge < -0.3 is 30.0 Å². The number of nitrogens with zero attached hydrogens (tertiary/aromatic N) is 1. The Morgan fingerprint density at radius 1 is 1.25 bits per heavy atom. The molecule has 2 rings (SSSR count). The van der Waals surface area contributed by atoms with E-state index in [2.05, 4.69) is 10.6 Å². The Hall–Kier alpha value is -1.26. The Labute approximate surface area is 185 Å². The lowest BCUT2D eigenvalue weighted by molar-refractivity contribution is 0.131. The van der Waals surface area contributed by atoms with E-state index in [9.17, 15) is 5.11 Å². The standard InChI is InChI=1S/C20H33N3O4.HI/c1-4-21-19(23-14-20(8-11-24)9-12-27-15-20)22-10-7-16-5-6-17(25-2)18(13-16)26-3;/h5-6,13,24H,4,7-12,14-15H2,1-3H3,(H2,21,22,23);1H. The molecule has 1 aliphatic heterocycles. The van der Waals surface area contributed by atoms with Crippen LogP contribution >= 0.6 is 24.0 Å². The van der Waals surface area contributed by atoms with Crippen LogP contribution in [-0.4, -0.2) is 64.7 Å².